The van der Waals surface area contributed by atoms with E-state index in [9.17, 15) is 0 Å². The number of anilines is 3. The van der Waals surface area contributed by atoms with Crippen molar-refractivity contribution in [3.05, 3.63) is 228 Å². The summed E-state index contributed by atoms with van der Waals surface area (Å²) in [5, 5.41) is 2.56. The first-order chi connectivity index (χ1) is 29.9. The average molecular weight is 779 g/mol. The van der Waals surface area contributed by atoms with E-state index in [-0.39, 0.29) is 10.8 Å². The van der Waals surface area contributed by atoms with Gasteiger partial charge in [0.15, 0.2) is 0 Å². The Balaban J connectivity index is 1.02. The van der Waals surface area contributed by atoms with Crippen molar-refractivity contribution in [2.45, 2.75) is 31.6 Å². The number of benzene rings is 9. The molecule has 0 radical (unpaired) electrons. The van der Waals surface area contributed by atoms with Crippen LogP contribution in [0, 0.1) is 0 Å². The van der Waals surface area contributed by atoms with Crippen LogP contribution >= 0.6 is 0 Å². The first kappa shape index (κ1) is 34.4. The highest BCUT2D eigenvalue weighted by atomic mass is 15.2. The van der Waals surface area contributed by atoms with E-state index in [2.05, 4.69) is 230 Å². The topological polar surface area (TPSA) is 8.17 Å². The van der Waals surface area contributed by atoms with Crippen molar-refractivity contribution in [3.8, 4) is 50.2 Å². The lowest BCUT2D eigenvalue weighted by Gasteiger charge is -2.43. The third kappa shape index (κ3) is 4.57. The predicted molar refractivity (Wildman–Crippen MR) is 255 cm³/mol. The van der Waals surface area contributed by atoms with E-state index < -0.39 is 0 Å². The van der Waals surface area contributed by atoms with Gasteiger partial charge in [-0.25, -0.2) is 0 Å². The lowest BCUT2D eigenvalue weighted by Crippen LogP contribution is -2.32. The summed E-state index contributed by atoms with van der Waals surface area (Å²) in [5.74, 6) is 0. The Bertz CT molecular complexity index is 3440. The molecule has 2 aliphatic carbocycles. The number of rotatable bonds is 4. The number of hydrogen-bond donors (Lipinski definition) is 0. The van der Waals surface area contributed by atoms with E-state index in [0.29, 0.717) is 0 Å². The molecule has 1 aliphatic heterocycles. The van der Waals surface area contributed by atoms with E-state index in [0.717, 1.165) is 0 Å². The molecule has 0 amide bonds. The number of hydrogen-bond acceptors (Lipinski definition) is 1. The third-order valence-corrected chi connectivity index (χ3v) is 14.4. The molecule has 1 aromatic heterocycles. The molecule has 1 unspecified atom stereocenters. The van der Waals surface area contributed by atoms with E-state index >= 15 is 0 Å². The molecular weight excluding hydrogens is 737 g/mol. The van der Waals surface area contributed by atoms with Gasteiger partial charge in [0.1, 0.15) is 0 Å². The van der Waals surface area contributed by atoms with E-state index in [1.165, 1.54) is 117 Å². The molecule has 0 saturated heterocycles. The molecule has 288 valence electrons. The van der Waals surface area contributed by atoms with Crippen LogP contribution in [0.5, 0.6) is 0 Å². The minimum Gasteiger partial charge on any atom is -0.310 e. The molecule has 0 spiro atoms. The lowest BCUT2D eigenvalue weighted by atomic mass is 9.69. The van der Waals surface area contributed by atoms with Crippen LogP contribution in [0.3, 0.4) is 0 Å². The fraction of sp³-hybridized carbons (Fsp3) is 0.0847. The van der Waals surface area contributed by atoms with Gasteiger partial charge in [-0.05, 0) is 140 Å². The van der Waals surface area contributed by atoms with Gasteiger partial charge in [0.05, 0.1) is 22.4 Å². The summed E-state index contributed by atoms with van der Waals surface area (Å²) in [6, 6.07) is 74.7. The second-order valence-electron chi connectivity index (χ2n) is 17.8. The number of fused-ring (bicyclic) bond motifs is 11. The Morgan fingerprint density at radius 3 is 1.82 bits per heavy atom. The minimum absolute atomic E-state index is 0.235. The van der Waals surface area contributed by atoms with Crippen LogP contribution in [0.15, 0.2) is 200 Å². The van der Waals surface area contributed by atoms with Crippen molar-refractivity contribution in [2.75, 3.05) is 4.90 Å². The summed E-state index contributed by atoms with van der Waals surface area (Å²) >= 11 is 0. The maximum atomic E-state index is 2.57. The van der Waals surface area contributed by atoms with Crippen LogP contribution in [0.2, 0.25) is 0 Å². The summed E-state index contributed by atoms with van der Waals surface area (Å²) in [5.41, 5.74) is 23.9. The van der Waals surface area contributed by atoms with E-state index in [1.54, 1.807) is 0 Å². The second kappa shape index (κ2) is 12.3. The molecule has 0 bridgehead atoms. The zero-order valence-corrected chi connectivity index (χ0v) is 34.4. The molecule has 3 aliphatic rings. The summed E-state index contributed by atoms with van der Waals surface area (Å²) in [6.07, 6.45) is 0. The first-order valence-electron chi connectivity index (χ1n) is 21.5. The molecule has 0 saturated carbocycles. The average Bonchev–Trinajstić information content (AvgIpc) is 3.88. The van der Waals surface area contributed by atoms with Gasteiger partial charge in [0.2, 0.25) is 0 Å². The van der Waals surface area contributed by atoms with Gasteiger partial charge in [-0.1, -0.05) is 153 Å². The molecule has 61 heavy (non-hydrogen) atoms. The van der Waals surface area contributed by atoms with Gasteiger partial charge in [0.25, 0.3) is 0 Å². The largest absolute Gasteiger partial charge is 0.310 e. The summed E-state index contributed by atoms with van der Waals surface area (Å²) < 4.78 is 2.41. The second-order valence-corrected chi connectivity index (χ2v) is 17.8. The highest BCUT2D eigenvalue weighted by Gasteiger charge is 2.50. The lowest BCUT2D eigenvalue weighted by molar-refractivity contribution is 0.657. The van der Waals surface area contributed by atoms with Crippen molar-refractivity contribution in [2.24, 2.45) is 0 Å². The third-order valence-electron chi connectivity index (χ3n) is 14.4. The van der Waals surface area contributed by atoms with Crippen molar-refractivity contribution in [3.63, 3.8) is 0 Å². The standard InChI is InChI=1S/C59H42N2/c1-58(2)49-34-39(42-22-14-26-53-56(42)46-21-11-13-25-52(46)60(53)40-18-8-5-9-19-40)30-33-44(49)47-35-51-55(36-50(47)58)61(41-31-28-38(29-32-41)37-16-6-4-7-17-37)54-27-15-23-45-43-20-10-12-24-48(43)59(51,3)57(45)54/h4-36H,1-3H3. The smallest absolute Gasteiger partial charge is 0.0547 e. The maximum absolute atomic E-state index is 2.57. The minimum atomic E-state index is -0.317. The normalized spacial score (nSPS) is 16.3. The summed E-state index contributed by atoms with van der Waals surface area (Å²) in [7, 11) is 0. The number of nitrogens with zero attached hydrogens (tertiary/aromatic N) is 2. The molecule has 9 aromatic carbocycles. The number of aromatic nitrogens is 1. The molecular formula is C59H42N2. The fourth-order valence-corrected chi connectivity index (χ4v) is 11.5. The Morgan fingerprint density at radius 1 is 0.361 bits per heavy atom. The maximum Gasteiger partial charge on any atom is 0.0547 e. The quantitative estimate of drug-likeness (QED) is 0.173. The van der Waals surface area contributed by atoms with Crippen LogP contribution in [0.25, 0.3) is 72.0 Å². The Labute approximate surface area is 356 Å². The summed E-state index contributed by atoms with van der Waals surface area (Å²) in [6.45, 7) is 7.32. The van der Waals surface area contributed by atoms with Gasteiger partial charge in [0, 0.05) is 33.0 Å². The molecule has 0 fully saturated rings. The molecule has 13 rings (SSSR count). The van der Waals surface area contributed by atoms with E-state index in [4.69, 9.17) is 0 Å². The van der Waals surface area contributed by atoms with Crippen LogP contribution in [-0.2, 0) is 10.8 Å². The molecule has 10 aromatic rings. The molecule has 2 nitrogen and oxygen atoms in total. The highest BCUT2D eigenvalue weighted by molar-refractivity contribution is 6.16. The molecule has 2 heterocycles. The fourth-order valence-electron chi connectivity index (χ4n) is 11.5. The van der Waals surface area contributed by atoms with Gasteiger partial charge in [-0.2, -0.15) is 0 Å². The Hall–Kier alpha value is -7.42. The molecule has 1 atom stereocenters. The first-order valence-corrected chi connectivity index (χ1v) is 21.5. The zero-order valence-electron chi connectivity index (χ0n) is 34.4. The van der Waals surface area contributed by atoms with Gasteiger partial charge < -0.3 is 9.47 Å². The molecule has 0 N–H and O–H groups in total. The van der Waals surface area contributed by atoms with Crippen LogP contribution < -0.4 is 4.90 Å². The predicted octanol–water partition coefficient (Wildman–Crippen LogP) is 15.5. The number of para-hydroxylation sites is 2. The monoisotopic (exact) mass is 778 g/mol. The van der Waals surface area contributed by atoms with Crippen molar-refractivity contribution >= 4 is 38.9 Å². The highest BCUT2D eigenvalue weighted by Crippen LogP contribution is 2.64. The van der Waals surface area contributed by atoms with E-state index in [1.807, 2.05) is 0 Å². The Kier molecular flexibility index (Phi) is 6.95. The van der Waals surface area contributed by atoms with Gasteiger partial charge in [-0.15, -0.1) is 0 Å². The zero-order chi connectivity index (χ0) is 40.6. The van der Waals surface area contributed by atoms with Crippen molar-refractivity contribution in [1.29, 1.82) is 0 Å². The van der Waals surface area contributed by atoms with Crippen molar-refractivity contribution in [1.82, 2.24) is 4.57 Å². The Morgan fingerprint density at radius 2 is 0.984 bits per heavy atom. The SMILES string of the molecule is CC1(C)c2cc(-c3cccc4c3c3ccccc3n4-c3ccccc3)ccc2-c2cc3c(cc21)N(c1ccc(-c2ccccc2)cc1)c1cccc2c1C3(C)c1ccccc1-2. The van der Waals surface area contributed by atoms with Gasteiger partial charge in [-0.3, -0.25) is 0 Å². The van der Waals surface area contributed by atoms with Crippen molar-refractivity contribution < 1.29 is 0 Å². The van der Waals surface area contributed by atoms with Crippen LogP contribution in [-0.4, -0.2) is 4.57 Å². The van der Waals surface area contributed by atoms with Crippen LogP contribution in [0.4, 0.5) is 17.1 Å². The molecule has 2 heteroatoms. The van der Waals surface area contributed by atoms with Crippen LogP contribution in [0.1, 0.15) is 48.6 Å². The summed E-state index contributed by atoms with van der Waals surface area (Å²) in [4.78, 5) is 2.55. The van der Waals surface area contributed by atoms with Gasteiger partial charge >= 0.3 is 0 Å².